The summed E-state index contributed by atoms with van der Waals surface area (Å²) in [4.78, 5) is 23.5. The Kier molecular flexibility index (Phi) is 6.11. The van der Waals surface area contributed by atoms with Crippen LogP contribution in [0.2, 0.25) is 0 Å². The van der Waals surface area contributed by atoms with Gasteiger partial charge in [-0.2, -0.15) is 15.0 Å². The van der Waals surface area contributed by atoms with E-state index >= 15 is 0 Å². The Balaban J connectivity index is 1.92. The molecule has 0 atom stereocenters. The molecule has 0 amide bonds. The van der Waals surface area contributed by atoms with Crippen molar-refractivity contribution >= 4 is 29.0 Å². The highest BCUT2D eigenvalue weighted by atomic mass is 16.6. The lowest BCUT2D eigenvalue weighted by Crippen LogP contribution is -2.06. The van der Waals surface area contributed by atoms with Crippen LogP contribution in [0.3, 0.4) is 0 Å². The third-order valence-corrected chi connectivity index (χ3v) is 4.02. The number of nitrogens with zero attached hydrogens (tertiary/aromatic N) is 4. The zero-order chi connectivity index (χ0) is 21.7. The van der Waals surface area contributed by atoms with E-state index in [0.717, 1.165) is 0 Å². The fraction of sp³-hybridized carbons (Fsp3) is 0.211. The van der Waals surface area contributed by atoms with Crippen molar-refractivity contribution in [1.82, 2.24) is 15.0 Å². The monoisotopic (exact) mass is 412 g/mol. The molecule has 0 fully saturated rings. The largest absolute Gasteiger partial charge is 0.493 e. The number of ether oxygens (including phenoxy) is 3. The van der Waals surface area contributed by atoms with E-state index in [1.165, 1.54) is 27.4 Å². The van der Waals surface area contributed by atoms with Crippen molar-refractivity contribution in [3.8, 4) is 17.2 Å². The van der Waals surface area contributed by atoms with Crippen molar-refractivity contribution < 1.29 is 19.1 Å². The molecular weight excluding hydrogens is 392 g/mol. The molecule has 0 aliphatic carbocycles. The minimum Gasteiger partial charge on any atom is -0.493 e. The van der Waals surface area contributed by atoms with Gasteiger partial charge >= 0.3 is 0 Å². The number of aryl methyl sites for hydroxylation is 1. The highest BCUT2D eigenvalue weighted by molar-refractivity contribution is 5.68. The zero-order valence-electron chi connectivity index (χ0n) is 16.8. The summed E-state index contributed by atoms with van der Waals surface area (Å²) in [5.74, 6) is 2.19. The number of hydrogen-bond acceptors (Lipinski definition) is 10. The van der Waals surface area contributed by atoms with Gasteiger partial charge in [-0.3, -0.25) is 10.1 Å². The lowest BCUT2D eigenvalue weighted by molar-refractivity contribution is -0.383. The molecule has 0 aliphatic heterocycles. The van der Waals surface area contributed by atoms with Crippen molar-refractivity contribution in [3.05, 3.63) is 52.3 Å². The number of nitro groups is 1. The van der Waals surface area contributed by atoms with E-state index in [1.807, 2.05) is 0 Å². The average Bonchev–Trinajstić information content (AvgIpc) is 2.72. The van der Waals surface area contributed by atoms with Gasteiger partial charge in [0.1, 0.15) is 11.5 Å². The molecule has 11 nitrogen and oxygen atoms in total. The van der Waals surface area contributed by atoms with Crippen molar-refractivity contribution in [2.45, 2.75) is 6.92 Å². The molecule has 11 heteroatoms. The molecular formula is C19H20N6O5. The Bertz CT molecular complexity index is 1050. The molecule has 0 radical (unpaired) electrons. The second-order valence-corrected chi connectivity index (χ2v) is 5.97. The molecule has 0 saturated heterocycles. The van der Waals surface area contributed by atoms with E-state index in [-0.39, 0.29) is 23.3 Å². The van der Waals surface area contributed by atoms with Gasteiger partial charge in [0.2, 0.25) is 17.6 Å². The highest BCUT2D eigenvalue weighted by Gasteiger charge is 2.16. The van der Waals surface area contributed by atoms with E-state index in [1.54, 1.807) is 37.3 Å². The Morgan fingerprint density at radius 1 is 0.900 bits per heavy atom. The van der Waals surface area contributed by atoms with Gasteiger partial charge in [0.15, 0.2) is 11.5 Å². The number of methoxy groups -OCH3 is 3. The first kappa shape index (κ1) is 20.6. The molecule has 1 heterocycles. The third-order valence-electron chi connectivity index (χ3n) is 4.02. The Labute approximate surface area is 172 Å². The molecule has 0 unspecified atom stereocenters. The standard InChI is InChI=1S/C19H20N6O5/c1-11-20-18(22-12-9-15(28-2)17(30-4)16(10-12)29-3)24-19(21-11)23-13-7-5-6-8-14(13)25(26)27/h5-10H,1-4H3,(H2,20,21,22,23,24). The number of anilines is 4. The molecule has 0 spiro atoms. The van der Waals surface area contributed by atoms with Crippen molar-refractivity contribution in [1.29, 1.82) is 0 Å². The molecule has 0 aliphatic rings. The number of aromatic nitrogens is 3. The van der Waals surface area contributed by atoms with Gasteiger partial charge < -0.3 is 24.8 Å². The molecule has 30 heavy (non-hydrogen) atoms. The molecule has 3 rings (SSSR count). The lowest BCUT2D eigenvalue weighted by atomic mass is 10.2. The van der Waals surface area contributed by atoms with Crippen LogP contribution in [0, 0.1) is 17.0 Å². The average molecular weight is 412 g/mol. The van der Waals surface area contributed by atoms with E-state index in [2.05, 4.69) is 25.6 Å². The predicted octanol–water partition coefficient (Wildman–Crippen LogP) is 3.60. The van der Waals surface area contributed by atoms with Crippen molar-refractivity contribution in [2.75, 3.05) is 32.0 Å². The first-order valence-corrected chi connectivity index (χ1v) is 8.75. The summed E-state index contributed by atoms with van der Waals surface area (Å²) >= 11 is 0. The number of nitrogens with one attached hydrogen (secondary N) is 2. The van der Waals surface area contributed by atoms with Gasteiger partial charge in [-0.05, 0) is 13.0 Å². The Hall–Kier alpha value is -4.15. The zero-order valence-corrected chi connectivity index (χ0v) is 16.8. The fourth-order valence-electron chi connectivity index (χ4n) is 2.73. The maximum atomic E-state index is 11.2. The van der Waals surface area contributed by atoms with Crippen molar-refractivity contribution in [3.63, 3.8) is 0 Å². The van der Waals surface area contributed by atoms with Crippen LogP contribution in [-0.4, -0.2) is 41.2 Å². The van der Waals surface area contributed by atoms with E-state index in [9.17, 15) is 10.1 Å². The van der Waals surface area contributed by atoms with Crippen LogP contribution in [0.15, 0.2) is 36.4 Å². The van der Waals surface area contributed by atoms with E-state index in [0.29, 0.717) is 28.8 Å². The lowest BCUT2D eigenvalue weighted by Gasteiger charge is -2.15. The summed E-state index contributed by atoms with van der Waals surface area (Å²) in [6, 6.07) is 9.64. The maximum Gasteiger partial charge on any atom is 0.292 e. The van der Waals surface area contributed by atoms with E-state index < -0.39 is 4.92 Å². The normalized spacial score (nSPS) is 10.3. The SMILES string of the molecule is COc1cc(Nc2nc(C)nc(Nc3ccccc3[N+](=O)[O-])n2)cc(OC)c1OC. The van der Waals surface area contributed by atoms with Gasteiger partial charge in [0, 0.05) is 23.9 Å². The Morgan fingerprint density at radius 3 is 2.07 bits per heavy atom. The number of rotatable bonds is 8. The van der Waals surface area contributed by atoms with Crippen LogP contribution in [0.25, 0.3) is 0 Å². The van der Waals surface area contributed by atoms with Crippen LogP contribution in [0.4, 0.5) is 29.0 Å². The minimum absolute atomic E-state index is 0.0882. The third kappa shape index (κ3) is 4.46. The van der Waals surface area contributed by atoms with Gasteiger partial charge in [0.05, 0.1) is 26.3 Å². The number of nitro benzene ring substituents is 1. The van der Waals surface area contributed by atoms with Gasteiger partial charge in [-0.25, -0.2) is 0 Å². The predicted molar refractivity (Wildman–Crippen MR) is 110 cm³/mol. The van der Waals surface area contributed by atoms with Gasteiger partial charge in [-0.1, -0.05) is 12.1 Å². The molecule has 2 aromatic carbocycles. The summed E-state index contributed by atoms with van der Waals surface area (Å²) in [5, 5.41) is 17.2. The molecule has 156 valence electrons. The fourth-order valence-corrected chi connectivity index (χ4v) is 2.73. The number of para-hydroxylation sites is 2. The summed E-state index contributed by atoms with van der Waals surface area (Å²) in [6.07, 6.45) is 0. The molecule has 2 N–H and O–H groups in total. The number of hydrogen-bond donors (Lipinski definition) is 2. The summed E-state index contributed by atoms with van der Waals surface area (Å²) < 4.78 is 16.0. The van der Waals surface area contributed by atoms with Crippen LogP contribution in [0.5, 0.6) is 17.2 Å². The van der Waals surface area contributed by atoms with E-state index in [4.69, 9.17) is 14.2 Å². The maximum absolute atomic E-state index is 11.2. The first-order chi connectivity index (χ1) is 14.4. The summed E-state index contributed by atoms with van der Waals surface area (Å²) in [5.41, 5.74) is 0.772. The molecule has 0 bridgehead atoms. The summed E-state index contributed by atoms with van der Waals surface area (Å²) in [7, 11) is 4.55. The van der Waals surface area contributed by atoms with Crippen LogP contribution in [-0.2, 0) is 0 Å². The molecule has 0 saturated carbocycles. The molecule has 3 aromatic rings. The topological polar surface area (TPSA) is 134 Å². The molecule has 1 aromatic heterocycles. The Morgan fingerprint density at radius 2 is 1.50 bits per heavy atom. The van der Waals surface area contributed by atoms with Gasteiger partial charge in [0.25, 0.3) is 5.69 Å². The second kappa shape index (κ2) is 8.90. The number of benzene rings is 2. The minimum atomic E-state index is -0.481. The van der Waals surface area contributed by atoms with Crippen LogP contribution < -0.4 is 24.8 Å². The highest BCUT2D eigenvalue weighted by Crippen LogP contribution is 2.40. The van der Waals surface area contributed by atoms with Crippen LogP contribution >= 0.6 is 0 Å². The van der Waals surface area contributed by atoms with Crippen LogP contribution in [0.1, 0.15) is 5.82 Å². The van der Waals surface area contributed by atoms with Gasteiger partial charge in [-0.15, -0.1) is 0 Å². The summed E-state index contributed by atoms with van der Waals surface area (Å²) in [6.45, 7) is 1.69. The smallest absolute Gasteiger partial charge is 0.292 e. The first-order valence-electron chi connectivity index (χ1n) is 8.75. The van der Waals surface area contributed by atoms with Crippen molar-refractivity contribution in [2.24, 2.45) is 0 Å². The second-order valence-electron chi connectivity index (χ2n) is 5.97. The quantitative estimate of drug-likeness (QED) is 0.417.